The highest BCUT2D eigenvalue weighted by atomic mass is 16.4. The first-order valence-corrected chi connectivity index (χ1v) is 5.26. The van der Waals surface area contributed by atoms with Gasteiger partial charge in [-0.2, -0.15) is 0 Å². The van der Waals surface area contributed by atoms with Gasteiger partial charge in [0, 0.05) is 31.2 Å². The molecule has 15 heavy (non-hydrogen) atoms. The van der Waals surface area contributed by atoms with Gasteiger partial charge < -0.3 is 15.3 Å². The summed E-state index contributed by atoms with van der Waals surface area (Å²) in [7, 11) is 2.07. The lowest BCUT2D eigenvalue weighted by Gasteiger charge is -2.20. The Hall–Kier alpha value is -0.870. The highest BCUT2D eigenvalue weighted by Crippen LogP contribution is 1.91. The van der Waals surface area contributed by atoms with E-state index in [4.69, 9.17) is 5.11 Å². The number of rotatable bonds is 7. The van der Waals surface area contributed by atoms with Gasteiger partial charge in [0.15, 0.2) is 0 Å². The van der Waals surface area contributed by atoms with Crippen LogP contribution < -0.4 is 5.32 Å². The van der Waals surface area contributed by atoms with Crippen molar-refractivity contribution in [2.24, 2.45) is 0 Å². The SMILES string of the molecule is C/C(=C/CNCCN(C)C(C)C)C(=O)O. The number of carboxylic acids is 1. The minimum absolute atomic E-state index is 0.389. The molecule has 0 aliphatic rings. The maximum absolute atomic E-state index is 10.5. The molecule has 0 saturated carbocycles. The van der Waals surface area contributed by atoms with Crippen LogP contribution in [0.2, 0.25) is 0 Å². The van der Waals surface area contributed by atoms with Gasteiger partial charge in [0.2, 0.25) is 0 Å². The average molecular weight is 214 g/mol. The summed E-state index contributed by atoms with van der Waals surface area (Å²) in [6.07, 6.45) is 1.69. The molecule has 4 heteroatoms. The molecule has 4 nitrogen and oxygen atoms in total. The molecule has 0 saturated heterocycles. The standard InChI is InChI=1S/C11H22N2O2/c1-9(2)13(4)8-7-12-6-5-10(3)11(14)15/h5,9,12H,6-8H2,1-4H3,(H,14,15)/b10-5-. The third kappa shape index (κ3) is 7.11. The Morgan fingerprint density at radius 2 is 2.13 bits per heavy atom. The number of nitrogens with zero attached hydrogens (tertiary/aromatic N) is 1. The molecule has 0 aromatic carbocycles. The van der Waals surface area contributed by atoms with Crippen molar-refractivity contribution >= 4 is 5.97 Å². The van der Waals surface area contributed by atoms with E-state index in [1.807, 2.05) is 0 Å². The topological polar surface area (TPSA) is 52.6 Å². The van der Waals surface area contributed by atoms with Crippen molar-refractivity contribution in [3.05, 3.63) is 11.6 Å². The van der Waals surface area contributed by atoms with Crippen LogP contribution in [-0.4, -0.2) is 48.7 Å². The number of hydrogen-bond donors (Lipinski definition) is 2. The summed E-state index contributed by atoms with van der Waals surface area (Å²) in [5.74, 6) is -0.851. The normalized spacial score (nSPS) is 12.5. The molecule has 0 aromatic heterocycles. The first-order valence-electron chi connectivity index (χ1n) is 5.26. The lowest BCUT2D eigenvalue weighted by atomic mass is 10.3. The van der Waals surface area contributed by atoms with E-state index < -0.39 is 5.97 Å². The minimum Gasteiger partial charge on any atom is -0.478 e. The smallest absolute Gasteiger partial charge is 0.330 e. The average Bonchev–Trinajstić information content (AvgIpc) is 2.16. The lowest BCUT2D eigenvalue weighted by Crippen LogP contribution is -2.33. The highest BCUT2D eigenvalue weighted by Gasteiger charge is 2.01. The van der Waals surface area contributed by atoms with Crippen molar-refractivity contribution in [1.29, 1.82) is 0 Å². The third-order valence-corrected chi connectivity index (χ3v) is 2.41. The fourth-order valence-corrected chi connectivity index (χ4v) is 0.928. The molecule has 88 valence electrons. The van der Waals surface area contributed by atoms with Crippen LogP contribution in [0.15, 0.2) is 11.6 Å². The Kier molecular flexibility index (Phi) is 6.99. The van der Waals surface area contributed by atoms with Crippen molar-refractivity contribution in [2.45, 2.75) is 26.8 Å². The molecule has 0 aromatic rings. The Bertz CT molecular complexity index is 225. The molecule has 0 aliphatic heterocycles. The van der Waals surface area contributed by atoms with Gasteiger partial charge in [-0.25, -0.2) is 4.79 Å². The molecule has 0 aliphatic carbocycles. The van der Waals surface area contributed by atoms with Crippen LogP contribution >= 0.6 is 0 Å². The number of carboxylic acid groups (broad SMARTS) is 1. The summed E-state index contributed by atoms with van der Waals surface area (Å²) in [6.45, 7) is 8.35. The van der Waals surface area contributed by atoms with Gasteiger partial charge in [0.1, 0.15) is 0 Å². The second-order valence-electron chi connectivity index (χ2n) is 3.97. The van der Waals surface area contributed by atoms with Crippen LogP contribution in [0.25, 0.3) is 0 Å². The molecule has 0 radical (unpaired) electrons. The second kappa shape index (κ2) is 7.43. The van der Waals surface area contributed by atoms with Crippen molar-refractivity contribution in [3.8, 4) is 0 Å². The zero-order valence-electron chi connectivity index (χ0n) is 10.1. The summed E-state index contributed by atoms with van der Waals surface area (Å²) in [5.41, 5.74) is 0.389. The summed E-state index contributed by atoms with van der Waals surface area (Å²) in [5, 5.41) is 11.8. The summed E-state index contributed by atoms with van der Waals surface area (Å²) < 4.78 is 0. The summed E-state index contributed by atoms with van der Waals surface area (Å²) in [6, 6.07) is 0.545. The molecule has 0 unspecified atom stereocenters. The van der Waals surface area contributed by atoms with Gasteiger partial charge in [-0.15, -0.1) is 0 Å². The maximum atomic E-state index is 10.5. The van der Waals surface area contributed by atoms with E-state index in [1.165, 1.54) is 0 Å². The molecule has 0 spiro atoms. The molecule has 0 rings (SSSR count). The monoisotopic (exact) mass is 214 g/mol. The molecule has 0 heterocycles. The fourth-order valence-electron chi connectivity index (χ4n) is 0.928. The molecule has 2 N–H and O–H groups in total. The molecular formula is C11H22N2O2. The Labute approximate surface area is 92.0 Å². The van der Waals surface area contributed by atoms with Crippen molar-refractivity contribution < 1.29 is 9.90 Å². The van der Waals surface area contributed by atoms with E-state index in [0.29, 0.717) is 18.2 Å². The predicted octanol–water partition coefficient (Wildman–Crippen LogP) is 0.947. The van der Waals surface area contributed by atoms with Crippen LogP contribution in [0, 0.1) is 0 Å². The quantitative estimate of drug-likeness (QED) is 0.489. The lowest BCUT2D eigenvalue weighted by molar-refractivity contribution is -0.132. The first kappa shape index (κ1) is 14.1. The van der Waals surface area contributed by atoms with E-state index in [1.54, 1.807) is 13.0 Å². The van der Waals surface area contributed by atoms with E-state index in [0.717, 1.165) is 13.1 Å². The Morgan fingerprint density at radius 1 is 1.53 bits per heavy atom. The second-order valence-corrected chi connectivity index (χ2v) is 3.97. The van der Waals surface area contributed by atoms with Crippen molar-refractivity contribution in [3.63, 3.8) is 0 Å². The number of aliphatic carboxylic acids is 1. The van der Waals surface area contributed by atoms with E-state index in [9.17, 15) is 4.79 Å². The molecular weight excluding hydrogens is 192 g/mol. The van der Waals surface area contributed by atoms with Crippen LogP contribution in [0.5, 0.6) is 0 Å². The van der Waals surface area contributed by atoms with Crippen LogP contribution in [0.1, 0.15) is 20.8 Å². The van der Waals surface area contributed by atoms with Crippen molar-refractivity contribution in [2.75, 3.05) is 26.7 Å². The predicted molar refractivity (Wildman–Crippen MR) is 62.0 cm³/mol. The van der Waals surface area contributed by atoms with Gasteiger partial charge in [0.05, 0.1) is 0 Å². The fraction of sp³-hybridized carbons (Fsp3) is 0.727. The van der Waals surface area contributed by atoms with Crippen LogP contribution in [0.3, 0.4) is 0 Å². The zero-order valence-corrected chi connectivity index (χ0v) is 10.1. The first-order chi connectivity index (χ1) is 6.95. The van der Waals surface area contributed by atoms with E-state index in [2.05, 4.69) is 31.1 Å². The van der Waals surface area contributed by atoms with E-state index >= 15 is 0 Å². The van der Waals surface area contributed by atoms with E-state index in [-0.39, 0.29) is 0 Å². The maximum Gasteiger partial charge on any atom is 0.330 e. The number of nitrogens with one attached hydrogen (secondary N) is 1. The van der Waals surface area contributed by atoms with Gasteiger partial charge in [0.25, 0.3) is 0 Å². The van der Waals surface area contributed by atoms with Gasteiger partial charge >= 0.3 is 5.97 Å². The van der Waals surface area contributed by atoms with Crippen molar-refractivity contribution in [1.82, 2.24) is 10.2 Å². The Balaban J connectivity index is 3.56. The van der Waals surface area contributed by atoms with Gasteiger partial charge in [-0.3, -0.25) is 0 Å². The zero-order chi connectivity index (χ0) is 11.8. The Morgan fingerprint density at radius 3 is 2.60 bits per heavy atom. The van der Waals surface area contributed by atoms with Gasteiger partial charge in [-0.1, -0.05) is 6.08 Å². The molecule has 0 bridgehead atoms. The van der Waals surface area contributed by atoms with Crippen LogP contribution in [0.4, 0.5) is 0 Å². The summed E-state index contributed by atoms with van der Waals surface area (Å²) in [4.78, 5) is 12.7. The largest absolute Gasteiger partial charge is 0.478 e. The molecule has 0 amide bonds. The molecule has 0 fully saturated rings. The van der Waals surface area contributed by atoms with Crippen LogP contribution in [-0.2, 0) is 4.79 Å². The van der Waals surface area contributed by atoms with Gasteiger partial charge in [-0.05, 0) is 27.8 Å². The number of hydrogen-bond acceptors (Lipinski definition) is 3. The molecule has 0 atom stereocenters. The minimum atomic E-state index is -0.851. The third-order valence-electron chi connectivity index (χ3n) is 2.41. The highest BCUT2D eigenvalue weighted by molar-refractivity contribution is 5.85. The number of carbonyl (C=O) groups is 1. The number of likely N-dealkylation sites (N-methyl/N-ethyl adjacent to an activating group) is 1. The summed E-state index contributed by atoms with van der Waals surface area (Å²) >= 11 is 0.